The van der Waals surface area contributed by atoms with Gasteiger partial charge in [-0.3, -0.25) is 0 Å². The largest absolute Gasteiger partial charge is 0.392 e. The molecular weight excluding hydrogens is 124 g/mol. The van der Waals surface area contributed by atoms with Gasteiger partial charge in [0.25, 0.3) is 0 Å². The Morgan fingerprint density at radius 2 is 1.80 bits per heavy atom. The molecule has 1 N–H and O–H groups in total. The van der Waals surface area contributed by atoms with Crippen molar-refractivity contribution >= 4 is 0 Å². The number of aliphatic hydroxyl groups is 1. The minimum atomic E-state index is 0.144. The van der Waals surface area contributed by atoms with E-state index in [1.54, 1.807) is 12.2 Å². The molecule has 10 heavy (non-hydrogen) atoms. The highest BCUT2D eigenvalue weighted by Gasteiger charge is 1.73. The van der Waals surface area contributed by atoms with E-state index in [-0.39, 0.29) is 6.61 Å². The highest BCUT2D eigenvalue weighted by molar-refractivity contribution is 4.98. The van der Waals surface area contributed by atoms with Crippen LogP contribution in [0, 0.1) is 0 Å². The van der Waals surface area contributed by atoms with Crippen LogP contribution in [0.4, 0.5) is 0 Å². The van der Waals surface area contributed by atoms with E-state index < -0.39 is 0 Å². The number of hydrogen-bond acceptors (Lipinski definition) is 1. The maximum absolute atomic E-state index is 8.35. The fourth-order valence-electron chi connectivity index (χ4n) is 0.577. The number of rotatable bonds is 5. The molecule has 0 fully saturated rings. The van der Waals surface area contributed by atoms with Crippen LogP contribution >= 0.6 is 0 Å². The molecule has 0 aliphatic carbocycles. The number of allylic oxidation sites excluding steroid dienone is 4. The summed E-state index contributed by atoms with van der Waals surface area (Å²) in [6.07, 6.45) is 11.5. The lowest BCUT2D eigenvalue weighted by Crippen LogP contribution is -1.70. The molecule has 0 radical (unpaired) electrons. The molecule has 0 aromatic rings. The van der Waals surface area contributed by atoms with Crippen molar-refractivity contribution in [2.45, 2.75) is 12.8 Å². The summed E-state index contributed by atoms with van der Waals surface area (Å²) < 4.78 is 0. The van der Waals surface area contributed by atoms with Gasteiger partial charge in [0.1, 0.15) is 0 Å². The van der Waals surface area contributed by atoms with Crippen molar-refractivity contribution in [3.05, 3.63) is 37.0 Å². The lowest BCUT2D eigenvalue weighted by molar-refractivity contribution is 0.342. The minimum absolute atomic E-state index is 0.144. The van der Waals surface area contributed by atoms with Crippen molar-refractivity contribution < 1.29 is 5.11 Å². The van der Waals surface area contributed by atoms with Gasteiger partial charge >= 0.3 is 0 Å². The summed E-state index contributed by atoms with van der Waals surface area (Å²) in [5.41, 5.74) is 0. The van der Waals surface area contributed by atoms with Gasteiger partial charge in [0.15, 0.2) is 0 Å². The predicted molar refractivity (Wildman–Crippen MR) is 44.8 cm³/mol. The highest BCUT2D eigenvalue weighted by atomic mass is 16.2. The summed E-state index contributed by atoms with van der Waals surface area (Å²) in [6, 6.07) is 0. The molecule has 0 aliphatic heterocycles. The Balaban J connectivity index is 3.11. The molecule has 0 rings (SSSR count). The zero-order chi connectivity index (χ0) is 7.66. The molecule has 0 aliphatic rings. The zero-order valence-electron chi connectivity index (χ0n) is 6.16. The monoisotopic (exact) mass is 138 g/mol. The van der Waals surface area contributed by atoms with Crippen LogP contribution < -0.4 is 0 Å². The van der Waals surface area contributed by atoms with Crippen LogP contribution in [0.5, 0.6) is 0 Å². The number of aliphatic hydroxyl groups excluding tert-OH is 1. The smallest absolute Gasteiger partial charge is 0.0612 e. The predicted octanol–water partition coefficient (Wildman–Crippen LogP) is 2.06. The van der Waals surface area contributed by atoms with Crippen LogP contribution in [0.1, 0.15) is 12.8 Å². The Hall–Kier alpha value is -0.820. The molecule has 0 unspecified atom stereocenters. The molecule has 56 valence electrons. The van der Waals surface area contributed by atoms with E-state index in [1.807, 2.05) is 12.2 Å². The fourth-order valence-corrected chi connectivity index (χ4v) is 0.577. The third-order valence-electron chi connectivity index (χ3n) is 1.04. The second kappa shape index (κ2) is 8.18. The maximum Gasteiger partial charge on any atom is 0.0612 e. The van der Waals surface area contributed by atoms with Crippen LogP contribution in [0.15, 0.2) is 37.0 Å². The molecule has 0 heterocycles. The topological polar surface area (TPSA) is 20.2 Å². The van der Waals surface area contributed by atoms with Crippen LogP contribution in [0.25, 0.3) is 0 Å². The molecule has 0 aromatic heterocycles. The second-order valence-corrected chi connectivity index (χ2v) is 1.90. The van der Waals surface area contributed by atoms with Crippen LogP contribution in [-0.4, -0.2) is 11.7 Å². The molecular formula is C9H14O. The van der Waals surface area contributed by atoms with Crippen molar-refractivity contribution in [3.63, 3.8) is 0 Å². The van der Waals surface area contributed by atoms with Crippen molar-refractivity contribution in [3.8, 4) is 0 Å². The van der Waals surface area contributed by atoms with Gasteiger partial charge < -0.3 is 5.11 Å². The lowest BCUT2D eigenvalue weighted by Gasteiger charge is -1.83. The summed E-state index contributed by atoms with van der Waals surface area (Å²) >= 11 is 0. The van der Waals surface area contributed by atoms with Gasteiger partial charge in [0, 0.05) is 0 Å². The van der Waals surface area contributed by atoms with E-state index in [1.165, 1.54) is 0 Å². The maximum atomic E-state index is 8.35. The van der Waals surface area contributed by atoms with Crippen LogP contribution in [0.3, 0.4) is 0 Å². The third-order valence-corrected chi connectivity index (χ3v) is 1.04. The first-order valence-electron chi connectivity index (χ1n) is 3.45. The quantitative estimate of drug-likeness (QED) is 0.350. The fraction of sp³-hybridized carbons (Fsp3) is 0.333. The molecule has 0 atom stereocenters. The summed E-state index contributed by atoms with van der Waals surface area (Å²) in [4.78, 5) is 0. The standard InChI is InChI=1S/C9H14O/c1-2-3-4-5-6-7-8-9-10/h2-4,7-8,10H,1,5-6,9H2/b4-3-,8-7+. The Morgan fingerprint density at radius 3 is 2.40 bits per heavy atom. The van der Waals surface area contributed by atoms with Gasteiger partial charge in [-0.15, -0.1) is 0 Å². The summed E-state index contributed by atoms with van der Waals surface area (Å²) in [7, 11) is 0. The van der Waals surface area contributed by atoms with Gasteiger partial charge in [0.05, 0.1) is 6.61 Å². The first-order chi connectivity index (χ1) is 4.91. The van der Waals surface area contributed by atoms with E-state index in [0.29, 0.717) is 0 Å². The normalized spacial score (nSPS) is 11.3. The SMILES string of the molecule is C=C/C=C\CC/C=C/CO. The molecule has 0 amide bonds. The van der Waals surface area contributed by atoms with Gasteiger partial charge in [-0.25, -0.2) is 0 Å². The van der Waals surface area contributed by atoms with E-state index >= 15 is 0 Å². The summed E-state index contributed by atoms with van der Waals surface area (Å²) in [5, 5.41) is 8.35. The Bertz CT molecular complexity index is 123. The number of hydrogen-bond donors (Lipinski definition) is 1. The first kappa shape index (κ1) is 9.18. The molecule has 0 saturated heterocycles. The lowest BCUT2D eigenvalue weighted by atomic mass is 10.2. The van der Waals surface area contributed by atoms with Crippen molar-refractivity contribution in [2.24, 2.45) is 0 Å². The Labute approximate surface area is 62.4 Å². The second-order valence-electron chi connectivity index (χ2n) is 1.90. The third kappa shape index (κ3) is 7.18. The van der Waals surface area contributed by atoms with Crippen molar-refractivity contribution in [2.75, 3.05) is 6.61 Å². The Morgan fingerprint density at radius 1 is 1.10 bits per heavy atom. The van der Waals surface area contributed by atoms with E-state index in [9.17, 15) is 0 Å². The highest BCUT2D eigenvalue weighted by Crippen LogP contribution is 1.91. The Kier molecular flexibility index (Phi) is 7.51. The van der Waals surface area contributed by atoms with E-state index in [2.05, 4.69) is 12.7 Å². The van der Waals surface area contributed by atoms with Gasteiger partial charge in [-0.1, -0.05) is 37.0 Å². The summed E-state index contributed by atoms with van der Waals surface area (Å²) in [5.74, 6) is 0. The van der Waals surface area contributed by atoms with E-state index in [4.69, 9.17) is 5.11 Å². The summed E-state index contributed by atoms with van der Waals surface area (Å²) in [6.45, 7) is 3.69. The minimum Gasteiger partial charge on any atom is -0.392 e. The molecule has 0 aromatic carbocycles. The first-order valence-corrected chi connectivity index (χ1v) is 3.45. The van der Waals surface area contributed by atoms with Crippen molar-refractivity contribution in [1.29, 1.82) is 0 Å². The molecule has 1 heteroatoms. The number of unbranched alkanes of at least 4 members (excludes halogenated alkanes) is 1. The van der Waals surface area contributed by atoms with Gasteiger partial charge in [0.2, 0.25) is 0 Å². The zero-order valence-corrected chi connectivity index (χ0v) is 6.16. The average Bonchev–Trinajstić information content (AvgIpc) is 1.97. The van der Waals surface area contributed by atoms with E-state index in [0.717, 1.165) is 12.8 Å². The molecule has 1 nitrogen and oxygen atoms in total. The molecule has 0 bridgehead atoms. The van der Waals surface area contributed by atoms with Crippen molar-refractivity contribution in [1.82, 2.24) is 0 Å². The van der Waals surface area contributed by atoms with Gasteiger partial charge in [-0.05, 0) is 12.8 Å². The van der Waals surface area contributed by atoms with Crippen LogP contribution in [0.2, 0.25) is 0 Å². The van der Waals surface area contributed by atoms with Gasteiger partial charge in [-0.2, -0.15) is 0 Å². The average molecular weight is 138 g/mol. The molecule has 0 saturated carbocycles. The van der Waals surface area contributed by atoms with Crippen LogP contribution in [-0.2, 0) is 0 Å². The molecule has 0 spiro atoms.